The Balaban J connectivity index is 0.00000480. The molecule has 8 heteroatoms. The molecular weight excluding hydrogens is 507 g/mol. The number of morpholine rings is 1. The summed E-state index contributed by atoms with van der Waals surface area (Å²) in [6, 6.07) is 6.60. The van der Waals surface area contributed by atoms with Crippen LogP contribution in [0.1, 0.15) is 32.3 Å². The van der Waals surface area contributed by atoms with E-state index in [-0.39, 0.29) is 24.0 Å². The van der Waals surface area contributed by atoms with Crippen LogP contribution in [0.3, 0.4) is 0 Å². The number of methoxy groups -OCH3 is 2. The average Bonchev–Trinajstić information content (AvgIpc) is 2.77. The van der Waals surface area contributed by atoms with Gasteiger partial charge in [-0.3, -0.25) is 9.89 Å². The van der Waals surface area contributed by atoms with Crippen molar-refractivity contribution >= 4 is 29.9 Å². The number of halogens is 1. The van der Waals surface area contributed by atoms with Gasteiger partial charge < -0.3 is 24.8 Å². The minimum atomic E-state index is 0. The van der Waals surface area contributed by atoms with Gasteiger partial charge >= 0.3 is 0 Å². The van der Waals surface area contributed by atoms with Crippen LogP contribution in [0.25, 0.3) is 0 Å². The molecule has 1 unspecified atom stereocenters. The molecule has 0 bridgehead atoms. The lowest BCUT2D eigenvalue weighted by Gasteiger charge is -2.35. The number of nitrogens with one attached hydrogen (secondary N) is 2. The minimum absolute atomic E-state index is 0. The van der Waals surface area contributed by atoms with Crippen LogP contribution < -0.4 is 20.1 Å². The highest BCUT2D eigenvalue weighted by Gasteiger charge is 2.22. The lowest BCUT2D eigenvalue weighted by Crippen LogP contribution is -2.51. The number of rotatable bonds is 11. The molecule has 7 nitrogen and oxygen atoms in total. The third kappa shape index (κ3) is 9.82. The summed E-state index contributed by atoms with van der Waals surface area (Å²) in [5.74, 6) is 3.07. The fraction of sp³-hybridized carbons (Fsp3) is 0.696. The maximum atomic E-state index is 5.52. The predicted octanol–water partition coefficient (Wildman–Crippen LogP) is 3.17. The van der Waals surface area contributed by atoms with Gasteiger partial charge in [0.05, 0.1) is 27.4 Å². The van der Waals surface area contributed by atoms with Crippen LogP contribution in [-0.4, -0.2) is 77.6 Å². The number of nitrogens with zero attached hydrogens (tertiary/aromatic N) is 2. The van der Waals surface area contributed by atoms with E-state index in [0.717, 1.165) is 69.7 Å². The highest BCUT2D eigenvalue weighted by Crippen LogP contribution is 2.27. The second kappa shape index (κ2) is 15.5. The van der Waals surface area contributed by atoms with Gasteiger partial charge in [-0.05, 0) is 42.9 Å². The van der Waals surface area contributed by atoms with Crippen LogP contribution in [-0.2, 0) is 11.2 Å². The van der Waals surface area contributed by atoms with Gasteiger partial charge in [-0.25, -0.2) is 0 Å². The molecule has 0 amide bonds. The van der Waals surface area contributed by atoms with Crippen LogP contribution >= 0.6 is 24.0 Å². The molecule has 178 valence electrons. The van der Waals surface area contributed by atoms with Gasteiger partial charge in [0, 0.05) is 39.3 Å². The van der Waals surface area contributed by atoms with E-state index in [0.29, 0.717) is 12.0 Å². The minimum Gasteiger partial charge on any atom is -0.493 e. The summed E-state index contributed by atoms with van der Waals surface area (Å²) in [7, 11) is 5.16. The summed E-state index contributed by atoms with van der Waals surface area (Å²) >= 11 is 0. The predicted molar refractivity (Wildman–Crippen MR) is 138 cm³/mol. The number of aryl methyl sites for hydroxylation is 1. The van der Waals surface area contributed by atoms with Crippen LogP contribution in [0.15, 0.2) is 23.2 Å². The van der Waals surface area contributed by atoms with E-state index in [1.54, 1.807) is 14.2 Å². The first-order chi connectivity index (χ1) is 14.6. The number of hydrogen-bond donors (Lipinski definition) is 2. The SMILES string of the molecule is CN=C(NCCCc1ccc(OC)c(OC)c1)NCC(CC(C)C)N1CCOCC1.I. The molecule has 2 rings (SSSR count). The molecule has 1 aliphatic rings. The summed E-state index contributed by atoms with van der Waals surface area (Å²) in [5, 5.41) is 6.97. The number of benzene rings is 1. The van der Waals surface area contributed by atoms with E-state index in [9.17, 15) is 0 Å². The van der Waals surface area contributed by atoms with Crippen molar-refractivity contribution in [1.29, 1.82) is 0 Å². The maximum absolute atomic E-state index is 5.52. The van der Waals surface area contributed by atoms with E-state index < -0.39 is 0 Å². The van der Waals surface area contributed by atoms with Crippen molar-refractivity contribution in [1.82, 2.24) is 15.5 Å². The molecule has 2 N–H and O–H groups in total. The van der Waals surface area contributed by atoms with Gasteiger partial charge in [0.15, 0.2) is 17.5 Å². The normalized spacial score (nSPS) is 15.9. The van der Waals surface area contributed by atoms with Gasteiger partial charge in [-0.1, -0.05) is 19.9 Å². The van der Waals surface area contributed by atoms with E-state index in [4.69, 9.17) is 14.2 Å². The number of guanidine groups is 1. The Bertz CT molecular complexity index is 652. The summed E-state index contributed by atoms with van der Waals surface area (Å²) in [6.45, 7) is 10.0. The summed E-state index contributed by atoms with van der Waals surface area (Å²) < 4.78 is 16.2. The van der Waals surface area contributed by atoms with Crippen molar-refractivity contribution in [3.63, 3.8) is 0 Å². The quantitative estimate of drug-likeness (QED) is 0.192. The van der Waals surface area contributed by atoms with Crippen LogP contribution in [0.5, 0.6) is 11.5 Å². The highest BCUT2D eigenvalue weighted by atomic mass is 127. The molecule has 0 saturated carbocycles. The lowest BCUT2D eigenvalue weighted by atomic mass is 10.0. The summed E-state index contributed by atoms with van der Waals surface area (Å²) in [6.07, 6.45) is 3.15. The Morgan fingerprint density at radius 3 is 2.45 bits per heavy atom. The van der Waals surface area contributed by atoms with E-state index in [1.807, 2.05) is 19.2 Å². The first-order valence-electron chi connectivity index (χ1n) is 11.0. The Hall–Kier alpha value is -1.26. The smallest absolute Gasteiger partial charge is 0.191 e. The van der Waals surface area contributed by atoms with Crippen molar-refractivity contribution in [3.8, 4) is 11.5 Å². The Morgan fingerprint density at radius 2 is 1.84 bits per heavy atom. The molecule has 1 atom stereocenters. The monoisotopic (exact) mass is 548 g/mol. The first-order valence-corrected chi connectivity index (χ1v) is 11.0. The highest BCUT2D eigenvalue weighted by molar-refractivity contribution is 14.0. The van der Waals surface area contributed by atoms with Gasteiger partial charge in [0.2, 0.25) is 0 Å². The standard InChI is InChI=1S/C23H40N4O3.HI/c1-18(2)15-20(27-11-13-30-14-12-27)17-26-23(24-3)25-10-6-7-19-8-9-21(28-4)22(16-19)29-5;/h8-9,16,18,20H,6-7,10-15,17H2,1-5H3,(H2,24,25,26);1H. The molecular formula is C23H41IN4O3. The second-order valence-electron chi connectivity index (χ2n) is 8.10. The van der Waals surface area contributed by atoms with Gasteiger partial charge in [-0.15, -0.1) is 24.0 Å². The molecule has 31 heavy (non-hydrogen) atoms. The van der Waals surface area contributed by atoms with Crippen molar-refractivity contribution < 1.29 is 14.2 Å². The average molecular weight is 549 g/mol. The van der Waals surface area contributed by atoms with Gasteiger partial charge in [0.1, 0.15) is 0 Å². The molecule has 0 aromatic heterocycles. The first kappa shape index (κ1) is 27.8. The summed E-state index contributed by atoms with van der Waals surface area (Å²) in [5.41, 5.74) is 1.24. The Kier molecular flexibility index (Phi) is 13.9. The van der Waals surface area contributed by atoms with E-state index in [2.05, 4.69) is 40.4 Å². The zero-order chi connectivity index (χ0) is 21.8. The fourth-order valence-corrected chi connectivity index (χ4v) is 3.82. The zero-order valence-electron chi connectivity index (χ0n) is 19.8. The molecule has 1 aliphatic heterocycles. The van der Waals surface area contributed by atoms with Crippen molar-refractivity contribution in [3.05, 3.63) is 23.8 Å². The topological polar surface area (TPSA) is 67.4 Å². The maximum Gasteiger partial charge on any atom is 0.191 e. The third-order valence-electron chi connectivity index (χ3n) is 5.42. The number of aliphatic imine (C=N–C) groups is 1. The zero-order valence-corrected chi connectivity index (χ0v) is 22.1. The van der Waals surface area contributed by atoms with Gasteiger partial charge in [-0.2, -0.15) is 0 Å². The third-order valence-corrected chi connectivity index (χ3v) is 5.42. The van der Waals surface area contributed by atoms with Crippen LogP contribution in [0, 0.1) is 5.92 Å². The van der Waals surface area contributed by atoms with Crippen molar-refractivity contribution in [2.75, 3.05) is 60.7 Å². The fourth-order valence-electron chi connectivity index (χ4n) is 3.82. The largest absolute Gasteiger partial charge is 0.493 e. The molecule has 0 spiro atoms. The van der Waals surface area contributed by atoms with E-state index >= 15 is 0 Å². The number of hydrogen-bond acceptors (Lipinski definition) is 5. The molecule has 1 aromatic carbocycles. The number of ether oxygens (including phenoxy) is 3. The van der Waals surface area contributed by atoms with Crippen LogP contribution in [0.2, 0.25) is 0 Å². The molecule has 0 aliphatic carbocycles. The van der Waals surface area contributed by atoms with Gasteiger partial charge in [0.25, 0.3) is 0 Å². The Labute approximate surface area is 205 Å². The Morgan fingerprint density at radius 1 is 1.13 bits per heavy atom. The lowest BCUT2D eigenvalue weighted by molar-refractivity contribution is 0.0132. The molecule has 1 saturated heterocycles. The molecule has 0 radical (unpaired) electrons. The molecule has 1 aromatic rings. The molecule has 1 fully saturated rings. The van der Waals surface area contributed by atoms with Crippen molar-refractivity contribution in [2.24, 2.45) is 10.9 Å². The van der Waals surface area contributed by atoms with E-state index in [1.165, 1.54) is 12.0 Å². The molecule has 1 heterocycles. The van der Waals surface area contributed by atoms with Crippen LogP contribution in [0.4, 0.5) is 0 Å². The summed E-state index contributed by atoms with van der Waals surface area (Å²) in [4.78, 5) is 6.94. The second-order valence-corrected chi connectivity index (χ2v) is 8.10. The van der Waals surface area contributed by atoms with Crippen molar-refractivity contribution in [2.45, 2.75) is 39.2 Å².